The lowest BCUT2D eigenvalue weighted by Gasteiger charge is -2.21. The number of rotatable bonds is 6. The van der Waals surface area contributed by atoms with E-state index in [9.17, 15) is 12.8 Å². The van der Waals surface area contributed by atoms with Gasteiger partial charge in [-0.1, -0.05) is 18.5 Å². The van der Waals surface area contributed by atoms with Gasteiger partial charge in [-0.3, -0.25) is 0 Å². The van der Waals surface area contributed by atoms with Gasteiger partial charge < -0.3 is 0 Å². The summed E-state index contributed by atoms with van der Waals surface area (Å²) in [6.45, 7) is 2.62. The Balaban J connectivity index is 2.39. The molecule has 1 saturated carbocycles. The first-order valence-corrected chi connectivity index (χ1v) is 8.79. The van der Waals surface area contributed by atoms with Gasteiger partial charge in [0.25, 0.3) is 0 Å². The van der Waals surface area contributed by atoms with Crippen LogP contribution in [0.2, 0.25) is 5.02 Å². The van der Waals surface area contributed by atoms with E-state index in [0.717, 1.165) is 18.9 Å². The molecule has 0 aliphatic heterocycles. The lowest BCUT2D eigenvalue weighted by molar-refractivity contribution is 0.411. The molecule has 1 aliphatic carbocycles. The van der Waals surface area contributed by atoms with E-state index in [-0.39, 0.29) is 21.4 Å². The van der Waals surface area contributed by atoms with Gasteiger partial charge in [0.2, 0.25) is 10.0 Å². The summed E-state index contributed by atoms with van der Waals surface area (Å²) in [6.07, 6.45) is 2.10. The van der Waals surface area contributed by atoms with Crippen molar-refractivity contribution in [3.05, 3.63) is 28.5 Å². The fourth-order valence-corrected chi connectivity index (χ4v) is 4.04. The number of hydrogen-bond donors (Lipinski definition) is 0. The topological polar surface area (TPSA) is 37.4 Å². The fraction of sp³-hybridized carbons (Fsp3) is 0.538. The zero-order chi connectivity index (χ0) is 14.9. The highest BCUT2D eigenvalue weighted by atomic mass is 35.5. The van der Waals surface area contributed by atoms with E-state index in [1.54, 1.807) is 6.92 Å². The summed E-state index contributed by atoms with van der Waals surface area (Å²) in [5.41, 5.74) is 0.286. The molecule has 0 heterocycles. The van der Waals surface area contributed by atoms with Gasteiger partial charge in [-0.05, 0) is 36.5 Å². The van der Waals surface area contributed by atoms with Crippen molar-refractivity contribution in [2.24, 2.45) is 5.92 Å². The molecule has 1 fully saturated rings. The fourth-order valence-electron chi connectivity index (χ4n) is 2.00. The molecule has 0 unspecified atom stereocenters. The van der Waals surface area contributed by atoms with Crippen LogP contribution in [-0.2, 0) is 15.9 Å². The number of sulfonamides is 1. The van der Waals surface area contributed by atoms with Gasteiger partial charge in [0.1, 0.15) is 5.82 Å². The summed E-state index contributed by atoms with van der Waals surface area (Å²) >= 11 is 11.4. The molecule has 1 aromatic rings. The largest absolute Gasteiger partial charge is 0.243 e. The van der Waals surface area contributed by atoms with Crippen molar-refractivity contribution in [2.75, 3.05) is 13.1 Å². The van der Waals surface area contributed by atoms with E-state index in [4.69, 9.17) is 23.2 Å². The first-order chi connectivity index (χ1) is 9.40. The molecule has 0 atom stereocenters. The maximum absolute atomic E-state index is 13.7. The summed E-state index contributed by atoms with van der Waals surface area (Å²) < 4.78 is 40.2. The van der Waals surface area contributed by atoms with Crippen LogP contribution in [0.4, 0.5) is 4.39 Å². The zero-order valence-corrected chi connectivity index (χ0v) is 13.4. The van der Waals surface area contributed by atoms with Crippen molar-refractivity contribution in [3.63, 3.8) is 0 Å². The molecule has 0 aromatic heterocycles. The van der Waals surface area contributed by atoms with Gasteiger partial charge in [-0.25, -0.2) is 12.8 Å². The molecule has 2 rings (SSSR count). The standard InChI is InChI=1S/C13H16Cl2FNO2S/c1-2-17(8-9-3-4-9)20(18,19)11-5-10(7-14)13(15)12(16)6-11/h5-6,9H,2-4,7-8H2,1H3. The Hall–Kier alpha value is -0.360. The van der Waals surface area contributed by atoms with Crippen molar-refractivity contribution >= 4 is 33.2 Å². The third-order valence-corrected chi connectivity index (χ3v) is 6.00. The van der Waals surface area contributed by atoms with E-state index in [0.29, 0.717) is 19.0 Å². The highest BCUT2D eigenvalue weighted by molar-refractivity contribution is 7.89. The average molecular weight is 340 g/mol. The van der Waals surface area contributed by atoms with Crippen molar-refractivity contribution in [3.8, 4) is 0 Å². The molecule has 7 heteroatoms. The Morgan fingerprint density at radius 1 is 1.40 bits per heavy atom. The maximum Gasteiger partial charge on any atom is 0.243 e. The van der Waals surface area contributed by atoms with Crippen LogP contribution in [-0.4, -0.2) is 25.8 Å². The summed E-state index contributed by atoms with van der Waals surface area (Å²) in [5, 5.41) is -0.121. The van der Waals surface area contributed by atoms with Crippen molar-refractivity contribution < 1.29 is 12.8 Å². The molecule has 20 heavy (non-hydrogen) atoms. The normalized spacial score (nSPS) is 15.8. The molecule has 0 saturated heterocycles. The van der Waals surface area contributed by atoms with Crippen molar-refractivity contribution in [1.29, 1.82) is 0 Å². The Labute approximate surface area is 128 Å². The minimum atomic E-state index is -3.70. The predicted molar refractivity (Wildman–Crippen MR) is 78.1 cm³/mol. The molecular formula is C13H16Cl2FNO2S. The molecule has 112 valence electrons. The van der Waals surface area contributed by atoms with Crippen LogP contribution in [0.3, 0.4) is 0 Å². The summed E-state index contributed by atoms with van der Waals surface area (Å²) in [4.78, 5) is -0.0856. The van der Waals surface area contributed by atoms with Crippen LogP contribution < -0.4 is 0 Å². The van der Waals surface area contributed by atoms with E-state index < -0.39 is 15.8 Å². The van der Waals surface area contributed by atoms with Crippen LogP contribution in [0.1, 0.15) is 25.3 Å². The van der Waals surface area contributed by atoms with Gasteiger partial charge in [0, 0.05) is 19.0 Å². The number of alkyl halides is 1. The third-order valence-electron chi connectivity index (χ3n) is 3.37. The molecule has 1 aliphatic rings. The van der Waals surface area contributed by atoms with Crippen LogP contribution >= 0.6 is 23.2 Å². The quantitative estimate of drug-likeness (QED) is 0.742. The van der Waals surface area contributed by atoms with Crippen molar-refractivity contribution in [1.82, 2.24) is 4.31 Å². The van der Waals surface area contributed by atoms with Crippen LogP contribution in [0.5, 0.6) is 0 Å². The van der Waals surface area contributed by atoms with Gasteiger partial charge in [-0.2, -0.15) is 4.31 Å². The monoisotopic (exact) mass is 339 g/mol. The second-order valence-electron chi connectivity index (χ2n) is 4.91. The molecule has 1 aromatic carbocycles. The van der Waals surface area contributed by atoms with Gasteiger partial charge in [-0.15, -0.1) is 11.6 Å². The first-order valence-electron chi connectivity index (χ1n) is 6.44. The first kappa shape index (κ1) is 16.0. The van der Waals surface area contributed by atoms with E-state index in [2.05, 4.69) is 0 Å². The molecule has 0 N–H and O–H groups in total. The molecular weight excluding hydrogens is 324 g/mol. The van der Waals surface area contributed by atoms with E-state index in [1.165, 1.54) is 10.4 Å². The minimum Gasteiger partial charge on any atom is -0.207 e. The van der Waals surface area contributed by atoms with Crippen LogP contribution in [0.25, 0.3) is 0 Å². The Kier molecular flexibility index (Phi) is 4.95. The van der Waals surface area contributed by atoms with Crippen molar-refractivity contribution in [2.45, 2.75) is 30.5 Å². The van der Waals surface area contributed by atoms with Gasteiger partial charge in [0.15, 0.2) is 0 Å². The minimum absolute atomic E-state index is 0.0339. The molecule has 0 radical (unpaired) electrons. The molecule has 0 amide bonds. The van der Waals surface area contributed by atoms with E-state index >= 15 is 0 Å². The second kappa shape index (κ2) is 6.18. The Bertz CT molecular complexity index is 603. The average Bonchev–Trinajstić information content (AvgIpc) is 3.22. The lowest BCUT2D eigenvalue weighted by atomic mass is 10.2. The molecule has 0 bridgehead atoms. The third kappa shape index (κ3) is 3.27. The number of nitrogens with zero attached hydrogens (tertiary/aromatic N) is 1. The zero-order valence-electron chi connectivity index (χ0n) is 11.1. The Morgan fingerprint density at radius 2 is 2.05 bits per heavy atom. The summed E-state index contributed by atoms with van der Waals surface area (Å²) in [7, 11) is -3.70. The van der Waals surface area contributed by atoms with Crippen LogP contribution in [0.15, 0.2) is 17.0 Å². The number of halogens is 3. The smallest absolute Gasteiger partial charge is 0.207 e. The Morgan fingerprint density at radius 3 is 2.55 bits per heavy atom. The van der Waals surface area contributed by atoms with Gasteiger partial charge in [0.05, 0.1) is 9.92 Å². The predicted octanol–water partition coefficient (Wildman–Crippen LogP) is 3.64. The number of benzene rings is 1. The van der Waals surface area contributed by atoms with Gasteiger partial charge >= 0.3 is 0 Å². The summed E-state index contributed by atoms with van der Waals surface area (Å²) in [5.74, 6) is -0.367. The maximum atomic E-state index is 13.7. The van der Waals surface area contributed by atoms with E-state index in [1.807, 2.05) is 0 Å². The highest BCUT2D eigenvalue weighted by Gasteiger charge is 2.31. The number of hydrogen-bond acceptors (Lipinski definition) is 2. The molecule has 3 nitrogen and oxygen atoms in total. The summed E-state index contributed by atoms with van der Waals surface area (Å²) in [6, 6.07) is 2.31. The second-order valence-corrected chi connectivity index (χ2v) is 7.49. The highest BCUT2D eigenvalue weighted by Crippen LogP contribution is 2.32. The van der Waals surface area contributed by atoms with Crippen LogP contribution in [0, 0.1) is 11.7 Å². The SMILES string of the molecule is CCN(CC1CC1)S(=O)(=O)c1cc(F)c(Cl)c(CCl)c1. The lowest BCUT2D eigenvalue weighted by Crippen LogP contribution is -2.33. The molecule has 0 spiro atoms.